The highest BCUT2D eigenvalue weighted by atomic mass is 19.4. The molecular weight excluding hydrogens is 392 g/mol. The summed E-state index contributed by atoms with van der Waals surface area (Å²) in [5.74, 6) is 0.0583. The first-order chi connectivity index (χ1) is 13.7. The lowest BCUT2D eigenvalue weighted by atomic mass is 10.2. The maximum absolute atomic E-state index is 13.3. The minimum Gasteiger partial charge on any atom is -0.439 e. The number of alkyl halides is 3. The zero-order chi connectivity index (χ0) is 21.3. The number of halogens is 4. The van der Waals surface area contributed by atoms with Gasteiger partial charge in [0, 0.05) is 30.9 Å². The Morgan fingerprint density at radius 2 is 2.00 bits per heavy atom. The van der Waals surface area contributed by atoms with Crippen molar-refractivity contribution in [3.63, 3.8) is 0 Å². The Morgan fingerprint density at radius 1 is 1.21 bits per heavy atom. The summed E-state index contributed by atoms with van der Waals surface area (Å²) in [6.45, 7) is -0.450. The Hall–Kier alpha value is -2.88. The molecule has 0 atom stereocenters. The normalized spacial score (nSPS) is 11.4. The lowest BCUT2D eigenvalue weighted by Gasteiger charge is -2.18. The standard InChI is InChI=1S/C19H22F4N4O2/c1-27(13-19(21,22)23)10-4-9-25-18(28)26-12-14-5-3-8-24-17(14)29-16-7-2-6-15(20)11-16/h2-3,5-8,11H,4,9-10,12-13H2,1H3,(H2,25,26,28). The SMILES string of the molecule is CN(CCCNC(=O)NCc1cccnc1Oc1cccc(F)c1)CC(F)(F)F. The van der Waals surface area contributed by atoms with Crippen molar-refractivity contribution in [1.29, 1.82) is 0 Å². The molecule has 2 amide bonds. The van der Waals surface area contributed by atoms with Crippen LogP contribution in [0.25, 0.3) is 0 Å². The summed E-state index contributed by atoms with van der Waals surface area (Å²) in [5.41, 5.74) is 0.580. The van der Waals surface area contributed by atoms with Crippen LogP contribution in [0.4, 0.5) is 22.4 Å². The van der Waals surface area contributed by atoms with Crippen molar-refractivity contribution in [3.05, 3.63) is 54.0 Å². The highest BCUT2D eigenvalue weighted by Crippen LogP contribution is 2.23. The average molecular weight is 414 g/mol. The van der Waals surface area contributed by atoms with Crippen molar-refractivity contribution in [2.24, 2.45) is 0 Å². The zero-order valence-corrected chi connectivity index (χ0v) is 15.8. The highest BCUT2D eigenvalue weighted by Gasteiger charge is 2.28. The molecule has 0 saturated carbocycles. The largest absolute Gasteiger partial charge is 0.439 e. The second-order valence-electron chi connectivity index (χ2n) is 6.34. The van der Waals surface area contributed by atoms with Gasteiger partial charge in [0.1, 0.15) is 11.6 Å². The quantitative estimate of drug-likeness (QED) is 0.485. The summed E-state index contributed by atoms with van der Waals surface area (Å²) in [4.78, 5) is 17.1. The fourth-order valence-corrected chi connectivity index (χ4v) is 2.47. The number of aromatic nitrogens is 1. The molecule has 0 radical (unpaired) electrons. The number of hydrogen-bond donors (Lipinski definition) is 2. The Kier molecular flexibility index (Phi) is 8.20. The van der Waals surface area contributed by atoms with E-state index in [4.69, 9.17) is 4.74 Å². The predicted molar refractivity (Wildman–Crippen MR) is 99.1 cm³/mol. The average Bonchev–Trinajstić information content (AvgIpc) is 2.63. The van der Waals surface area contributed by atoms with E-state index in [0.717, 1.165) is 4.90 Å². The Morgan fingerprint density at radius 3 is 2.72 bits per heavy atom. The first-order valence-electron chi connectivity index (χ1n) is 8.87. The number of carbonyl (C=O) groups excluding carboxylic acids is 1. The molecule has 0 fully saturated rings. The van der Waals surface area contributed by atoms with Crippen molar-refractivity contribution < 1.29 is 27.1 Å². The van der Waals surface area contributed by atoms with Crippen molar-refractivity contribution >= 4 is 6.03 Å². The van der Waals surface area contributed by atoms with Gasteiger partial charge in [-0.2, -0.15) is 13.2 Å². The van der Waals surface area contributed by atoms with Gasteiger partial charge in [0.25, 0.3) is 0 Å². The van der Waals surface area contributed by atoms with Gasteiger partial charge in [0.15, 0.2) is 0 Å². The van der Waals surface area contributed by atoms with Crippen LogP contribution in [0, 0.1) is 5.82 Å². The van der Waals surface area contributed by atoms with Gasteiger partial charge >= 0.3 is 12.2 Å². The molecular formula is C19H22F4N4O2. The van der Waals surface area contributed by atoms with Crippen LogP contribution in [0.15, 0.2) is 42.6 Å². The second-order valence-corrected chi connectivity index (χ2v) is 6.34. The highest BCUT2D eigenvalue weighted by molar-refractivity contribution is 5.73. The Bertz CT molecular complexity index is 802. The fraction of sp³-hybridized carbons (Fsp3) is 0.368. The molecule has 0 saturated heterocycles. The summed E-state index contributed by atoms with van der Waals surface area (Å²) in [6.07, 6.45) is -2.36. The topological polar surface area (TPSA) is 66.5 Å². The number of nitrogens with zero attached hydrogens (tertiary/aromatic N) is 2. The van der Waals surface area contributed by atoms with Gasteiger partial charge in [-0.25, -0.2) is 14.2 Å². The number of ether oxygens (including phenoxy) is 1. The van der Waals surface area contributed by atoms with E-state index in [1.165, 1.54) is 31.4 Å². The van der Waals surface area contributed by atoms with Gasteiger partial charge in [-0.15, -0.1) is 0 Å². The third kappa shape index (κ3) is 8.77. The molecule has 0 bridgehead atoms. The molecule has 2 aromatic rings. The summed E-state index contributed by atoms with van der Waals surface area (Å²) >= 11 is 0. The zero-order valence-electron chi connectivity index (χ0n) is 15.8. The molecule has 0 aliphatic heterocycles. The van der Waals surface area contributed by atoms with Crippen molar-refractivity contribution in [3.8, 4) is 11.6 Å². The molecule has 29 heavy (non-hydrogen) atoms. The molecule has 158 valence electrons. The number of benzene rings is 1. The fourth-order valence-electron chi connectivity index (χ4n) is 2.47. The first kappa shape index (κ1) is 22.4. The lowest BCUT2D eigenvalue weighted by molar-refractivity contribution is -0.143. The number of carbonyl (C=O) groups is 1. The number of nitrogens with one attached hydrogen (secondary N) is 2. The predicted octanol–water partition coefficient (Wildman–Crippen LogP) is 3.70. The molecule has 2 rings (SSSR count). The number of pyridine rings is 1. The van der Waals surface area contributed by atoms with E-state index >= 15 is 0 Å². The van der Waals surface area contributed by atoms with Crippen LogP contribution in [0.1, 0.15) is 12.0 Å². The number of amides is 2. The molecule has 1 aromatic heterocycles. The third-order valence-electron chi connectivity index (χ3n) is 3.75. The van der Waals surface area contributed by atoms with Gasteiger partial charge in [-0.1, -0.05) is 12.1 Å². The summed E-state index contributed by atoms with van der Waals surface area (Å²) < 4.78 is 55.6. The van der Waals surface area contributed by atoms with Crippen LogP contribution >= 0.6 is 0 Å². The molecule has 6 nitrogen and oxygen atoms in total. The lowest BCUT2D eigenvalue weighted by Crippen LogP contribution is -2.37. The minimum absolute atomic E-state index is 0.109. The first-order valence-corrected chi connectivity index (χ1v) is 8.87. The Labute approximate surface area is 165 Å². The van der Waals surface area contributed by atoms with E-state index in [2.05, 4.69) is 15.6 Å². The van der Waals surface area contributed by atoms with Crippen LogP contribution in [-0.2, 0) is 6.54 Å². The van der Waals surface area contributed by atoms with E-state index in [1.54, 1.807) is 18.2 Å². The molecule has 0 unspecified atom stereocenters. The molecule has 2 N–H and O–H groups in total. The second kappa shape index (κ2) is 10.6. The van der Waals surface area contributed by atoms with Gasteiger partial charge in [-0.3, -0.25) is 4.90 Å². The van der Waals surface area contributed by atoms with Crippen LogP contribution in [0.5, 0.6) is 11.6 Å². The maximum Gasteiger partial charge on any atom is 0.401 e. The van der Waals surface area contributed by atoms with Gasteiger partial charge < -0.3 is 15.4 Å². The number of rotatable bonds is 9. The van der Waals surface area contributed by atoms with Gasteiger partial charge in [0.2, 0.25) is 5.88 Å². The van der Waals surface area contributed by atoms with Crippen molar-refractivity contribution in [1.82, 2.24) is 20.5 Å². The van der Waals surface area contributed by atoms with E-state index in [0.29, 0.717) is 12.0 Å². The summed E-state index contributed by atoms with van der Waals surface area (Å²) in [5, 5.41) is 5.20. The smallest absolute Gasteiger partial charge is 0.401 e. The molecule has 0 aliphatic carbocycles. The summed E-state index contributed by atoms with van der Waals surface area (Å²) in [6, 6.07) is 8.50. The van der Waals surface area contributed by atoms with Crippen LogP contribution in [-0.4, -0.2) is 48.8 Å². The number of hydrogen-bond acceptors (Lipinski definition) is 4. The number of urea groups is 1. The van der Waals surface area contributed by atoms with Gasteiger partial charge in [-0.05, 0) is 38.2 Å². The monoisotopic (exact) mass is 414 g/mol. The van der Waals surface area contributed by atoms with Crippen LogP contribution in [0.3, 0.4) is 0 Å². The minimum atomic E-state index is -4.24. The Balaban J connectivity index is 1.76. The van der Waals surface area contributed by atoms with Gasteiger partial charge in [0.05, 0.1) is 6.54 Å². The summed E-state index contributed by atoms with van der Waals surface area (Å²) in [7, 11) is 1.37. The molecule has 0 spiro atoms. The third-order valence-corrected chi connectivity index (χ3v) is 3.75. The van der Waals surface area contributed by atoms with E-state index in [-0.39, 0.29) is 31.3 Å². The van der Waals surface area contributed by atoms with E-state index in [1.807, 2.05) is 0 Å². The van der Waals surface area contributed by atoms with Crippen LogP contribution in [0.2, 0.25) is 0 Å². The maximum atomic E-state index is 13.3. The molecule has 1 aromatic carbocycles. The van der Waals surface area contributed by atoms with Crippen LogP contribution < -0.4 is 15.4 Å². The molecule has 0 aliphatic rings. The van der Waals surface area contributed by atoms with E-state index in [9.17, 15) is 22.4 Å². The van der Waals surface area contributed by atoms with Crippen molar-refractivity contribution in [2.45, 2.75) is 19.1 Å². The molecule has 10 heteroatoms. The van der Waals surface area contributed by atoms with Crippen molar-refractivity contribution in [2.75, 3.05) is 26.7 Å². The molecule has 1 heterocycles. The van der Waals surface area contributed by atoms with E-state index < -0.39 is 24.6 Å².